The molecular formula is C27H37NO5. The summed E-state index contributed by atoms with van der Waals surface area (Å²) in [5, 5.41) is 0. The zero-order valence-electron chi connectivity index (χ0n) is 20.4. The number of hydrogen-bond acceptors (Lipinski definition) is 6. The smallest absolute Gasteiger partial charge is 0.226 e. The van der Waals surface area contributed by atoms with Crippen LogP contribution in [-0.4, -0.2) is 30.8 Å². The van der Waals surface area contributed by atoms with Crippen molar-refractivity contribution in [2.24, 2.45) is 11.8 Å². The summed E-state index contributed by atoms with van der Waals surface area (Å²) in [6.45, 7) is 4.06. The molecule has 0 bridgehead atoms. The van der Waals surface area contributed by atoms with E-state index in [9.17, 15) is 9.59 Å². The summed E-state index contributed by atoms with van der Waals surface area (Å²) in [5.41, 5.74) is 1.31. The molecule has 6 heteroatoms. The third-order valence-corrected chi connectivity index (χ3v) is 6.89. The molecule has 0 atom stereocenters. The number of aromatic nitrogens is 1. The molecule has 2 aromatic rings. The fraction of sp³-hybridized carbons (Fsp3) is 0.593. The van der Waals surface area contributed by atoms with Crippen molar-refractivity contribution in [2.45, 2.75) is 78.1 Å². The Kier molecular flexibility index (Phi) is 9.10. The molecular weight excluding hydrogens is 418 g/mol. The quantitative estimate of drug-likeness (QED) is 0.359. The molecule has 0 radical (unpaired) electrons. The van der Waals surface area contributed by atoms with Crippen LogP contribution in [0, 0.1) is 18.8 Å². The van der Waals surface area contributed by atoms with Gasteiger partial charge in [0.1, 0.15) is 17.3 Å². The molecule has 0 aliphatic heterocycles. The van der Waals surface area contributed by atoms with Crippen LogP contribution in [-0.2, 0) is 16.0 Å². The van der Waals surface area contributed by atoms with Crippen LogP contribution in [0.4, 0.5) is 0 Å². The number of nitrogens with zero attached hydrogens (tertiary/aromatic N) is 1. The van der Waals surface area contributed by atoms with Crippen LogP contribution in [0.1, 0.15) is 76.2 Å². The molecule has 0 saturated heterocycles. The first-order valence-corrected chi connectivity index (χ1v) is 12.2. The maximum absolute atomic E-state index is 12.5. The molecule has 180 valence electrons. The highest BCUT2D eigenvalue weighted by molar-refractivity contribution is 5.99. The van der Waals surface area contributed by atoms with Crippen molar-refractivity contribution in [3.8, 4) is 23.0 Å². The Labute approximate surface area is 197 Å². The molecule has 1 saturated carbocycles. The average molecular weight is 456 g/mol. The number of methoxy groups -OCH3 is 2. The van der Waals surface area contributed by atoms with E-state index in [4.69, 9.17) is 13.9 Å². The van der Waals surface area contributed by atoms with Gasteiger partial charge in [0, 0.05) is 12.0 Å². The first-order chi connectivity index (χ1) is 15.9. The molecule has 0 N–H and O–H groups in total. The fourth-order valence-electron chi connectivity index (χ4n) is 4.76. The summed E-state index contributed by atoms with van der Waals surface area (Å²) in [4.78, 5) is 29.3. The van der Waals surface area contributed by atoms with E-state index in [1.807, 2.05) is 6.07 Å². The maximum Gasteiger partial charge on any atom is 0.226 e. The van der Waals surface area contributed by atoms with Gasteiger partial charge in [-0.2, -0.15) is 0 Å². The number of rotatable bonds is 12. The van der Waals surface area contributed by atoms with Crippen LogP contribution in [0.3, 0.4) is 0 Å². The van der Waals surface area contributed by atoms with E-state index < -0.39 is 0 Å². The van der Waals surface area contributed by atoms with Gasteiger partial charge in [0.05, 0.1) is 32.8 Å². The Bertz CT molecular complexity index is 940. The standard InChI is InChI=1S/C27H37NO5/c1-5-19-9-11-20(12-10-19)7-6-8-22(29)16-23(30)17-24-18(2)33-27(28-24)21-13-14-25(31-3)26(15-21)32-4/h13-15,19-20H,5-12,16-17H2,1-4H3. The first-order valence-electron chi connectivity index (χ1n) is 12.2. The predicted octanol–water partition coefficient (Wildman–Crippen LogP) is 6.12. The second kappa shape index (κ2) is 12.0. The van der Waals surface area contributed by atoms with Gasteiger partial charge < -0.3 is 13.9 Å². The predicted molar refractivity (Wildman–Crippen MR) is 128 cm³/mol. The number of carbonyl (C=O) groups is 2. The highest BCUT2D eigenvalue weighted by Crippen LogP contribution is 2.34. The van der Waals surface area contributed by atoms with Gasteiger partial charge in [-0.15, -0.1) is 0 Å². The molecule has 33 heavy (non-hydrogen) atoms. The van der Waals surface area contributed by atoms with E-state index in [2.05, 4.69) is 11.9 Å². The maximum atomic E-state index is 12.5. The second-order valence-electron chi connectivity index (χ2n) is 9.21. The van der Waals surface area contributed by atoms with Crippen molar-refractivity contribution < 1.29 is 23.5 Å². The Balaban J connectivity index is 1.47. The van der Waals surface area contributed by atoms with E-state index in [0.29, 0.717) is 35.3 Å². The Morgan fingerprint density at radius 2 is 1.73 bits per heavy atom. The number of hydrogen-bond donors (Lipinski definition) is 0. The van der Waals surface area contributed by atoms with Crippen LogP contribution in [0.5, 0.6) is 11.5 Å². The topological polar surface area (TPSA) is 78.6 Å². The zero-order valence-corrected chi connectivity index (χ0v) is 20.4. The summed E-state index contributed by atoms with van der Waals surface area (Å²) in [5.74, 6) is 3.77. The molecule has 1 aromatic heterocycles. The minimum absolute atomic E-state index is 0.0272. The Morgan fingerprint density at radius 3 is 2.39 bits per heavy atom. The third-order valence-electron chi connectivity index (χ3n) is 6.89. The molecule has 0 spiro atoms. The lowest BCUT2D eigenvalue weighted by atomic mass is 9.79. The molecule has 0 amide bonds. The van der Waals surface area contributed by atoms with E-state index in [0.717, 1.165) is 30.2 Å². The summed E-state index contributed by atoms with van der Waals surface area (Å²) >= 11 is 0. The zero-order chi connectivity index (χ0) is 23.8. The van der Waals surface area contributed by atoms with Crippen LogP contribution in [0.2, 0.25) is 0 Å². The molecule has 3 rings (SSSR count). The molecule has 0 unspecified atom stereocenters. The van der Waals surface area contributed by atoms with Gasteiger partial charge in [-0.1, -0.05) is 45.4 Å². The molecule has 1 aliphatic rings. The summed E-state index contributed by atoms with van der Waals surface area (Å²) in [6.07, 6.45) is 9.09. The minimum Gasteiger partial charge on any atom is -0.493 e. The van der Waals surface area contributed by atoms with Crippen molar-refractivity contribution >= 4 is 11.6 Å². The molecule has 1 fully saturated rings. The summed E-state index contributed by atoms with van der Waals surface area (Å²) in [7, 11) is 3.15. The number of ether oxygens (including phenoxy) is 2. The fourth-order valence-corrected chi connectivity index (χ4v) is 4.76. The van der Waals surface area contributed by atoms with Crippen molar-refractivity contribution in [3.05, 3.63) is 29.7 Å². The molecule has 1 aromatic carbocycles. The Morgan fingerprint density at radius 1 is 1.03 bits per heavy atom. The lowest BCUT2D eigenvalue weighted by Crippen LogP contribution is -2.15. The van der Waals surface area contributed by atoms with Crippen LogP contribution >= 0.6 is 0 Å². The van der Waals surface area contributed by atoms with Crippen molar-refractivity contribution in [1.29, 1.82) is 0 Å². The van der Waals surface area contributed by atoms with Gasteiger partial charge in [-0.25, -0.2) is 4.98 Å². The van der Waals surface area contributed by atoms with E-state index in [1.54, 1.807) is 33.3 Å². The normalized spacial score (nSPS) is 18.2. The molecule has 1 aliphatic carbocycles. The number of Topliss-reactive ketones (excluding diaryl/α,β-unsaturated/α-hetero) is 2. The first kappa shape index (κ1) is 25.0. The van der Waals surface area contributed by atoms with Crippen molar-refractivity contribution in [2.75, 3.05) is 14.2 Å². The highest BCUT2D eigenvalue weighted by atomic mass is 16.5. The number of carbonyl (C=O) groups excluding carboxylic acids is 2. The van der Waals surface area contributed by atoms with Gasteiger partial charge in [-0.3, -0.25) is 9.59 Å². The van der Waals surface area contributed by atoms with E-state index in [1.165, 1.54) is 32.1 Å². The van der Waals surface area contributed by atoms with Gasteiger partial charge in [0.2, 0.25) is 5.89 Å². The molecule has 6 nitrogen and oxygen atoms in total. The monoisotopic (exact) mass is 455 g/mol. The van der Waals surface area contributed by atoms with Gasteiger partial charge in [0.15, 0.2) is 11.5 Å². The number of aryl methyl sites for hydroxylation is 1. The second-order valence-corrected chi connectivity index (χ2v) is 9.21. The lowest BCUT2D eigenvalue weighted by Gasteiger charge is -2.27. The summed E-state index contributed by atoms with van der Waals surface area (Å²) in [6, 6.07) is 5.40. The molecule has 1 heterocycles. The average Bonchev–Trinajstić information content (AvgIpc) is 3.18. The van der Waals surface area contributed by atoms with Crippen molar-refractivity contribution in [1.82, 2.24) is 4.98 Å². The van der Waals surface area contributed by atoms with Gasteiger partial charge in [-0.05, 0) is 43.4 Å². The van der Waals surface area contributed by atoms with Crippen LogP contribution in [0.15, 0.2) is 22.6 Å². The van der Waals surface area contributed by atoms with Crippen molar-refractivity contribution in [3.63, 3.8) is 0 Å². The van der Waals surface area contributed by atoms with Gasteiger partial charge >= 0.3 is 0 Å². The third kappa shape index (κ3) is 6.92. The van der Waals surface area contributed by atoms with E-state index in [-0.39, 0.29) is 24.4 Å². The highest BCUT2D eigenvalue weighted by Gasteiger charge is 2.21. The van der Waals surface area contributed by atoms with E-state index >= 15 is 0 Å². The summed E-state index contributed by atoms with van der Waals surface area (Å²) < 4.78 is 16.4. The SMILES string of the molecule is CCC1CCC(CCCC(=O)CC(=O)Cc2nc(-c3ccc(OC)c(OC)c3)oc2C)CC1. The van der Waals surface area contributed by atoms with Crippen LogP contribution < -0.4 is 9.47 Å². The number of benzene rings is 1. The van der Waals surface area contributed by atoms with Gasteiger partial charge in [0.25, 0.3) is 0 Å². The number of oxazole rings is 1. The van der Waals surface area contributed by atoms with Crippen LogP contribution in [0.25, 0.3) is 11.5 Å². The largest absolute Gasteiger partial charge is 0.493 e. The number of ketones is 2. The minimum atomic E-state index is -0.112. The lowest BCUT2D eigenvalue weighted by molar-refractivity contribution is -0.126. The Hall–Kier alpha value is -2.63.